The first kappa shape index (κ1) is 12.7. The molecule has 0 N–H and O–H groups in total. The number of halogens is 2. The largest absolute Gasteiger partial charge is 0.299 e. The highest BCUT2D eigenvalue weighted by atomic mass is 35.5. The first-order chi connectivity index (χ1) is 9.58. The van der Waals surface area contributed by atoms with E-state index in [2.05, 4.69) is 4.98 Å². The Kier molecular flexibility index (Phi) is 2.99. The van der Waals surface area contributed by atoms with Gasteiger partial charge in [-0.05, 0) is 23.8 Å². The molecule has 0 fully saturated rings. The lowest BCUT2D eigenvalue weighted by atomic mass is 10.1. The summed E-state index contributed by atoms with van der Waals surface area (Å²) in [5.41, 5.74) is 1.12. The average Bonchev–Trinajstić information content (AvgIpc) is 2.66. The molecular formula is C14H8ClFN2O2. The number of ketones is 1. The van der Waals surface area contributed by atoms with Crippen molar-refractivity contribution in [2.45, 2.75) is 6.54 Å². The van der Waals surface area contributed by atoms with E-state index in [9.17, 15) is 14.0 Å². The molecule has 0 aliphatic carbocycles. The van der Waals surface area contributed by atoms with Gasteiger partial charge in [0.15, 0.2) is 0 Å². The first-order valence-corrected chi connectivity index (χ1v) is 6.20. The van der Waals surface area contributed by atoms with E-state index in [0.29, 0.717) is 16.3 Å². The van der Waals surface area contributed by atoms with Gasteiger partial charge in [-0.25, -0.2) is 4.39 Å². The van der Waals surface area contributed by atoms with E-state index in [1.165, 1.54) is 17.2 Å². The molecule has 0 saturated carbocycles. The number of carbonyl (C=O) groups excluding carboxylic acids is 2. The molecule has 0 radical (unpaired) electrons. The van der Waals surface area contributed by atoms with Crippen LogP contribution in [0.15, 0.2) is 36.7 Å². The van der Waals surface area contributed by atoms with Crippen molar-refractivity contribution in [2.75, 3.05) is 4.90 Å². The van der Waals surface area contributed by atoms with Crippen molar-refractivity contribution in [3.05, 3.63) is 58.6 Å². The van der Waals surface area contributed by atoms with Gasteiger partial charge in [0.25, 0.3) is 11.7 Å². The second-order valence-corrected chi connectivity index (χ2v) is 4.78. The molecule has 100 valence electrons. The fraction of sp³-hybridized carbons (Fsp3) is 0.0714. The third-order valence-electron chi connectivity index (χ3n) is 3.04. The van der Waals surface area contributed by atoms with Crippen LogP contribution in [0.3, 0.4) is 0 Å². The predicted molar refractivity (Wildman–Crippen MR) is 71.2 cm³/mol. The quantitative estimate of drug-likeness (QED) is 0.799. The van der Waals surface area contributed by atoms with E-state index in [4.69, 9.17) is 11.6 Å². The highest BCUT2D eigenvalue weighted by Crippen LogP contribution is 2.36. The van der Waals surface area contributed by atoms with E-state index < -0.39 is 17.5 Å². The number of aromatic nitrogens is 1. The smallest absolute Gasteiger partial charge is 0.299 e. The summed E-state index contributed by atoms with van der Waals surface area (Å²) >= 11 is 6.06. The molecule has 3 rings (SSSR count). The van der Waals surface area contributed by atoms with Crippen molar-refractivity contribution in [3.8, 4) is 0 Å². The Hall–Kier alpha value is -2.27. The number of rotatable bonds is 2. The van der Waals surface area contributed by atoms with E-state index in [-0.39, 0.29) is 12.1 Å². The summed E-state index contributed by atoms with van der Waals surface area (Å²) in [6.07, 6.45) is 2.51. The molecule has 20 heavy (non-hydrogen) atoms. The number of hydrogen-bond acceptors (Lipinski definition) is 3. The summed E-state index contributed by atoms with van der Waals surface area (Å²) < 4.78 is 13.1. The average molecular weight is 291 g/mol. The summed E-state index contributed by atoms with van der Waals surface area (Å²) in [5.74, 6) is -1.77. The second-order valence-electron chi connectivity index (χ2n) is 4.37. The normalized spacial score (nSPS) is 13.8. The van der Waals surface area contributed by atoms with Crippen LogP contribution in [-0.4, -0.2) is 16.7 Å². The lowest BCUT2D eigenvalue weighted by Crippen LogP contribution is -2.29. The molecule has 4 nitrogen and oxygen atoms in total. The third kappa shape index (κ3) is 1.96. The van der Waals surface area contributed by atoms with E-state index in [1.54, 1.807) is 18.2 Å². The number of pyridine rings is 1. The van der Waals surface area contributed by atoms with Crippen molar-refractivity contribution >= 4 is 29.0 Å². The second kappa shape index (κ2) is 4.68. The van der Waals surface area contributed by atoms with Crippen LogP contribution in [-0.2, 0) is 11.3 Å². The maximum absolute atomic E-state index is 13.1. The minimum atomic E-state index is -0.669. The monoisotopic (exact) mass is 290 g/mol. The molecule has 0 unspecified atom stereocenters. The zero-order valence-corrected chi connectivity index (χ0v) is 10.9. The number of hydrogen-bond donors (Lipinski definition) is 0. The van der Waals surface area contributed by atoms with Crippen LogP contribution in [0.5, 0.6) is 0 Å². The SMILES string of the molecule is O=C1C(=O)N(Cc2cncc(F)c2)c2c(Cl)cccc21. The van der Waals surface area contributed by atoms with Crippen LogP contribution in [0.1, 0.15) is 15.9 Å². The number of Topliss-reactive ketones (excluding diaryl/α,β-unsaturated/α-hetero) is 1. The van der Waals surface area contributed by atoms with Crippen LogP contribution in [0.4, 0.5) is 10.1 Å². The zero-order chi connectivity index (χ0) is 14.3. The Morgan fingerprint density at radius 3 is 2.80 bits per heavy atom. The molecule has 1 aliphatic heterocycles. The molecule has 1 aromatic carbocycles. The summed E-state index contributed by atoms with van der Waals surface area (Å²) in [6.45, 7) is 0.0477. The Morgan fingerprint density at radius 1 is 1.25 bits per heavy atom. The molecule has 2 aromatic rings. The van der Waals surface area contributed by atoms with Gasteiger partial charge in [0.05, 0.1) is 29.0 Å². The summed E-state index contributed by atoms with van der Waals surface area (Å²) in [4.78, 5) is 28.8. The molecule has 0 bridgehead atoms. The van der Waals surface area contributed by atoms with Gasteiger partial charge >= 0.3 is 0 Å². The standard InChI is InChI=1S/C14H8ClFN2O2/c15-11-3-1-2-10-12(11)18(14(20)13(10)19)7-8-4-9(16)6-17-5-8/h1-6H,7H2. The fourth-order valence-corrected chi connectivity index (χ4v) is 2.46. The van der Waals surface area contributed by atoms with E-state index >= 15 is 0 Å². The molecule has 6 heteroatoms. The lowest BCUT2D eigenvalue weighted by Gasteiger charge is -2.17. The molecule has 0 spiro atoms. The van der Waals surface area contributed by atoms with Gasteiger partial charge in [-0.2, -0.15) is 0 Å². The number of nitrogens with zero attached hydrogens (tertiary/aromatic N) is 2. The Balaban J connectivity index is 2.03. The van der Waals surface area contributed by atoms with Crippen LogP contribution >= 0.6 is 11.6 Å². The van der Waals surface area contributed by atoms with Crippen LogP contribution in [0.25, 0.3) is 0 Å². The van der Waals surface area contributed by atoms with Crippen LogP contribution in [0.2, 0.25) is 5.02 Å². The van der Waals surface area contributed by atoms with Crippen molar-refractivity contribution in [1.29, 1.82) is 0 Å². The number of fused-ring (bicyclic) bond motifs is 1. The topological polar surface area (TPSA) is 50.3 Å². The Bertz CT molecular complexity index is 733. The number of benzene rings is 1. The van der Waals surface area contributed by atoms with E-state index in [1.807, 2.05) is 0 Å². The highest BCUT2D eigenvalue weighted by molar-refractivity contribution is 6.54. The van der Waals surface area contributed by atoms with Gasteiger partial charge in [-0.15, -0.1) is 0 Å². The molecule has 0 saturated heterocycles. The molecule has 2 heterocycles. The van der Waals surface area contributed by atoms with Gasteiger partial charge in [-0.3, -0.25) is 19.5 Å². The Labute approximate surface area is 118 Å². The lowest BCUT2D eigenvalue weighted by molar-refractivity contribution is -0.114. The highest BCUT2D eigenvalue weighted by Gasteiger charge is 2.37. The van der Waals surface area contributed by atoms with Crippen molar-refractivity contribution in [2.24, 2.45) is 0 Å². The molecule has 0 atom stereocenters. The van der Waals surface area contributed by atoms with Crippen molar-refractivity contribution in [1.82, 2.24) is 4.98 Å². The van der Waals surface area contributed by atoms with Gasteiger partial charge in [-0.1, -0.05) is 17.7 Å². The molecule has 1 aromatic heterocycles. The maximum Gasteiger partial charge on any atom is 0.299 e. The van der Waals surface area contributed by atoms with Gasteiger partial charge in [0, 0.05) is 6.20 Å². The summed E-state index contributed by atoms with van der Waals surface area (Å²) in [7, 11) is 0. The number of para-hydroxylation sites is 1. The number of carbonyl (C=O) groups is 2. The molecule has 1 amide bonds. The summed E-state index contributed by atoms with van der Waals surface area (Å²) in [5, 5.41) is 0.311. The molecular weight excluding hydrogens is 283 g/mol. The van der Waals surface area contributed by atoms with Gasteiger partial charge in [0.1, 0.15) is 5.82 Å². The molecule has 1 aliphatic rings. The van der Waals surface area contributed by atoms with Crippen molar-refractivity contribution in [3.63, 3.8) is 0 Å². The summed E-state index contributed by atoms with van der Waals surface area (Å²) in [6, 6.07) is 6.02. The minimum absolute atomic E-state index is 0.0477. The third-order valence-corrected chi connectivity index (χ3v) is 3.35. The number of anilines is 1. The maximum atomic E-state index is 13.1. The van der Waals surface area contributed by atoms with Gasteiger partial charge in [0.2, 0.25) is 0 Å². The zero-order valence-electron chi connectivity index (χ0n) is 10.1. The Morgan fingerprint density at radius 2 is 2.05 bits per heavy atom. The van der Waals surface area contributed by atoms with Crippen LogP contribution in [0, 0.1) is 5.82 Å². The van der Waals surface area contributed by atoms with Gasteiger partial charge < -0.3 is 0 Å². The first-order valence-electron chi connectivity index (χ1n) is 5.82. The van der Waals surface area contributed by atoms with E-state index in [0.717, 1.165) is 6.20 Å². The predicted octanol–water partition coefficient (Wildman–Crippen LogP) is 2.60. The fourth-order valence-electron chi connectivity index (χ4n) is 2.19. The van der Waals surface area contributed by atoms with Crippen molar-refractivity contribution < 1.29 is 14.0 Å². The van der Waals surface area contributed by atoms with Crippen LogP contribution < -0.4 is 4.90 Å². The number of amides is 1. The minimum Gasteiger partial charge on any atom is -0.299 e.